The quantitative estimate of drug-likeness (QED) is 0.576. The molecule has 0 aromatic heterocycles. The molecule has 17 heavy (non-hydrogen) atoms. The molecule has 5 nitrogen and oxygen atoms in total. The number of aliphatic carboxylic acids is 1. The minimum absolute atomic E-state index is 0.0484. The molecule has 0 saturated heterocycles. The molecule has 0 unspecified atom stereocenters. The van der Waals surface area contributed by atoms with Crippen LogP contribution in [-0.4, -0.2) is 37.1 Å². The number of rotatable bonds is 7. The predicted octanol–water partition coefficient (Wildman–Crippen LogP) is 0.747. The molecule has 3 N–H and O–H groups in total. The third-order valence-electron chi connectivity index (χ3n) is 3.47. The van der Waals surface area contributed by atoms with Gasteiger partial charge < -0.3 is 15.7 Å². The summed E-state index contributed by atoms with van der Waals surface area (Å²) in [6.07, 6.45) is 4.49. The van der Waals surface area contributed by atoms with Gasteiger partial charge in [0.1, 0.15) is 0 Å². The summed E-state index contributed by atoms with van der Waals surface area (Å²) in [7, 11) is 1.84. The second-order valence-corrected chi connectivity index (χ2v) is 4.78. The van der Waals surface area contributed by atoms with E-state index in [4.69, 9.17) is 0 Å². The largest absolute Gasteiger partial charge is 0.481 e. The van der Waals surface area contributed by atoms with Gasteiger partial charge in [-0.1, -0.05) is 12.8 Å². The first-order valence-electron chi connectivity index (χ1n) is 6.25. The van der Waals surface area contributed by atoms with Gasteiger partial charge in [-0.2, -0.15) is 0 Å². The van der Waals surface area contributed by atoms with Gasteiger partial charge in [-0.25, -0.2) is 0 Å². The fourth-order valence-corrected chi connectivity index (χ4v) is 2.30. The van der Waals surface area contributed by atoms with Crippen LogP contribution in [0.1, 0.15) is 38.5 Å². The Morgan fingerprint density at radius 3 is 2.47 bits per heavy atom. The third-order valence-corrected chi connectivity index (χ3v) is 3.47. The van der Waals surface area contributed by atoms with Crippen molar-refractivity contribution >= 4 is 11.9 Å². The zero-order chi connectivity index (χ0) is 12.7. The first kappa shape index (κ1) is 14.0. The molecule has 0 aliphatic heterocycles. The van der Waals surface area contributed by atoms with Crippen molar-refractivity contribution in [2.75, 3.05) is 20.1 Å². The Balaban J connectivity index is 2.32. The number of carbonyl (C=O) groups is 2. The lowest BCUT2D eigenvalue weighted by Gasteiger charge is -2.23. The first-order valence-corrected chi connectivity index (χ1v) is 6.25. The Labute approximate surface area is 102 Å². The Kier molecular flexibility index (Phi) is 5.41. The lowest BCUT2D eigenvalue weighted by atomic mass is 9.86. The molecular formula is C12H22N2O3. The molecule has 0 bridgehead atoms. The summed E-state index contributed by atoms with van der Waals surface area (Å²) in [5.41, 5.74) is -0.710. The second-order valence-electron chi connectivity index (χ2n) is 4.78. The number of hydrogen-bond acceptors (Lipinski definition) is 3. The number of carbonyl (C=O) groups excluding carboxylic acids is 1. The summed E-state index contributed by atoms with van der Waals surface area (Å²) in [6, 6.07) is 0. The van der Waals surface area contributed by atoms with E-state index < -0.39 is 11.4 Å². The average Bonchev–Trinajstić information content (AvgIpc) is 2.77. The topological polar surface area (TPSA) is 78.4 Å². The van der Waals surface area contributed by atoms with E-state index >= 15 is 0 Å². The molecule has 0 atom stereocenters. The molecular weight excluding hydrogens is 220 g/mol. The van der Waals surface area contributed by atoms with E-state index in [1.165, 1.54) is 0 Å². The van der Waals surface area contributed by atoms with Crippen molar-refractivity contribution in [3.63, 3.8) is 0 Å². The summed E-state index contributed by atoms with van der Waals surface area (Å²) in [4.78, 5) is 22.7. The van der Waals surface area contributed by atoms with Crippen LogP contribution >= 0.6 is 0 Å². The van der Waals surface area contributed by atoms with Gasteiger partial charge in [0.25, 0.3) is 0 Å². The zero-order valence-corrected chi connectivity index (χ0v) is 10.4. The number of amides is 1. The molecule has 1 amide bonds. The highest BCUT2D eigenvalue weighted by atomic mass is 16.4. The molecule has 1 saturated carbocycles. The van der Waals surface area contributed by atoms with E-state index in [1.807, 2.05) is 7.05 Å². The molecule has 1 aliphatic rings. The highest BCUT2D eigenvalue weighted by Crippen LogP contribution is 2.37. The van der Waals surface area contributed by atoms with Gasteiger partial charge in [0.2, 0.25) is 5.91 Å². The van der Waals surface area contributed by atoms with Gasteiger partial charge >= 0.3 is 5.97 Å². The van der Waals surface area contributed by atoms with E-state index in [0.717, 1.165) is 25.8 Å². The van der Waals surface area contributed by atoms with Gasteiger partial charge in [-0.05, 0) is 32.9 Å². The summed E-state index contributed by atoms with van der Waals surface area (Å²) < 4.78 is 0. The van der Waals surface area contributed by atoms with Gasteiger partial charge in [0.15, 0.2) is 0 Å². The molecule has 1 aliphatic carbocycles. The van der Waals surface area contributed by atoms with Crippen molar-refractivity contribution in [1.82, 2.24) is 10.6 Å². The van der Waals surface area contributed by atoms with Gasteiger partial charge in [0.05, 0.1) is 5.41 Å². The minimum Gasteiger partial charge on any atom is -0.481 e. The lowest BCUT2D eigenvalue weighted by Crippen LogP contribution is -2.41. The summed E-state index contributed by atoms with van der Waals surface area (Å²) >= 11 is 0. The van der Waals surface area contributed by atoms with E-state index in [0.29, 0.717) is 19.3 Å². The van der Waals surface area contributed by atoms with Crippen LogP contribution in [0.25, 0.3) is 0 Å². The molecule has 0 heterocycles. The number of nitrogens with one attached hydrogen (secondary N) is 2. The summed E-state index contributed by atoms with van der Waals surface area (Å²) in [5.74, 6) is -0.821. The standard InChI is InChI=1S/C12H22N2O3/c1-13-8-4-5-10(15)14-9-12(11(16)17)6-2-3-7-12/h13H,2-9H2,1H3,(H,14,15)(H,16,17). The summed E-state index contributed by atoms with van der Waals surface area (Å²) in [5, 5.41) is 15.0. The van der Waals surface area contributed by atoms with Crippen LogP contribution in [0.5, 0.6) is 0 Å². The van der Waals surface area contributed by atoms with E-state index in [1.54, 1.807) is 0 Å². The van der Waals surface area contributed by atoms with Crippen LogP contribution in [0.4, 0.5) is 0 Å². The van der Waals surface area contributed by atoms with Crippen molar-refractivity contribution in [2.24, 2.45) is 5.41 Å². The molecule has 0 spiro atoms. The number of hydrogen-bond donors (Lipinski definition) is 3. The number of carboxylic acids is 1. The van der Waals surface area contributed by atoms with E-state index in [9.17, 15) is 14.7 Å². The van der Waals surface area contributed by atoms with Crippen LogP contribution in [0, 0.1) is 5.41 Å². The van der Waals surface area contributed by atoms with Gasteiger partial charge in [-0.15, -0.1) is 0 Å². The highest BCUT2D eigenvalue weighted by molar-refractivity contribution is 5.79. The highest BCUT2D eigenvalue weighted by Gasteiger charge is 2.41. The van der Waals surface area contributed by atoms with Gasteiger partial charge in [0, 0.05) is 13.0 Å². The Morgan fingerprint density at radius 1 is 1.29 bits per heavy atom. The molecule has 0 aromatic carbocycles. The average molecular weight is 242 g/mol. The van der Waals surface area contributed by atoms with Crippen molar-refractivity contribution < 1.29 is 14.7 Å². The normalized spacial score (nSPS) is 17.9. The smallest absolute Gasteiger partial charge is 0.311 e. The van der Waals surface area contributed by atoms with Crippen LogP contribution in [0.2, 0.25) is 0 Å². The van der Waals surface area contributed by atoms with E-state index in [-0.39, 0.29) is 12.5 Å². The molecule has 1 rings (SSSR count). The Morgan fingerprint density at radius 2 is 1.94 bits per heavy atom. The maximum atomic E-state index is 11.5. The SMILES string of the molecule is CNCCCC(=O)NCC1(C(=O)O)CCCC1. The van der Waals surface area contributed by atoms with Crippen molar-refractivity contribution in [3.05, 3.63) is 0 Å². The Bertz CT molecular complexity index is 273. The second kappa shape index (κ2) is 6.59. The maximum Gasteiger partial charge on any atom is 0.311 e. The van der Waals surface area contributed by atoms with Crippen LogP contribution in [0.15, 0.2) is 0 Å². The van der Waals surface area contributed by atoms with Crippen LogP contribution in [0.3, 0.4) is 0 Å². The molecule has 1 fully saturated rings. The molecule has 0 aromatic rings. The van der Waals surface area contributed by atoms with E-state index in [2.05, 4.69) is 10.6 Å². The van der Waals surface area contributed by atoms with Gasteiger partial charge in [-0.3, -0.25) is 9.59 Å². The molecule has 98 valence electrons. The molecule has 5 heteroatoms. The fourth-order valence-electron chi connectivity index (χ4n) is 2.30. The fraction of sp³-hybridized carbons (Fsp3) is 0.833. The zero-order valence-electron chi connectivity index (χ0n) is 10.4. The van der Waals surface area contributed by atoms with Crippen LogP contribution in [-0.2, 0) is 9.59 Å². The lowest BCUT2D eigenvalue weighted by molar-refractivity contribution is -0.148. The Hall–Kier alpha value is -1.10. The third kappa shape index (κ3) is 4.00. The van der Waals surface area contributed by atoms with Crippen molar-refractivity contribution in [1.29, 1.82) is 0 Å². The first-order chi connectivity index (χ1) is 8.10. The maximum absolute atomic E-state index is 11.5. The minimum atomic E-state index is -0.773. The van der Waals surface area contributed by atoms with Crippen LogP contribution < -0.4 is 10.6 Å². The summed E-state index contributed by atoms with van der Waals surface area (Å²) in [6.45, 7) is 1.08. The predicted molar refractivity (Wildman–Crippen MR) is 64.7 cm³/mol. The van der Waals surface area contributed by atoms with Crippen molar-refractivity contribution in [3.8, 4) is 0 Å². The number of carboxylic acid groups (broad SMARTS) is 1. The monoisotopic (exact) mass is 242 g/mol. The van der Waals surface area contributed by atoms with Crippen molar-refractivity contribution in [2.45, 2.75) is 38.5 Å². The molecule has 0 radical (unpaired) electrons.